The average molecular weight is 249 g/mol. The molecule has 1 aliphatic heterocycles. The monoisotopic (exact) mass is 249 g/mol. The van der Waals surface area contributed by atoms with Crippen LogP contribution in [0.4, 0.5) is 0 Å². The van der Waals surface area contributed by atoms with Crippen LogP contribution in [0, 0.1) is 0 Å². The number of aliphatic hydroxyl groups excluding tert-OH is 1. The second-order valence-corrected chi connectivity index (χ2v) is 5.28. The summed E-state index contributed by atoms with van der Waals surface area (Å²) in [7, 11) is 0. The maximum absolute atomic E-state index is 12.1. The van der Waals surface area contributed by atoms with Gasteiger partial charge < -0.3 is 10.0 Å². The number of nitrogens with one attached hydrogen (secondary N) is 1. The Bertz CT molecular complexity index is 420. The Kier molecular flexibility index (Phi) is 3.63. The fraction of sp³-hybridized carbons (Fsp3) is 0.538. The van der Waals surface area contributed by atoms with Crippen molar-refractivity contribution in [1.82, 2.24) is 15.2 Å². The Morgan fingerprint density at radius 3 is 2.94 bits per heavy atom. The SMILES string of the molecule is CC1(C)CN(Cc2ccccn2)C(=O)C(CO)N1. The Balaban J connectivity index is 2.13. The van der Waals surface area contributed by atoms with E-state index < -0.39 is 6.04 Å². The highest BCUT2D eigenvalue weighted by atomic mass is 16.3. The molecule has 1 atom stereocenters. The van der Waals surface area contributed by atoms with Crippen molar-refractivity contribution in [3.63, 3.8) is 0 Å². The molecule has 0 radical (unpaired) electrons. The highest BCUT2D eigenvalue weighted by molar-refractivity contribution is 5.83. The van der Waals surface area contributed by atoms with Gasteiger partial charge in [-0.05, 0) is 26.0 Å². The first-order chi connectivity index (χ1) is 8.52. The molecule has 0 aromatic carbocycles. The summed E-state index contributed by atoms with van der Waals surface area (Å²) in [5.74, 6) is -0.0671. The first kappa shape index (κ1) is 13.0. The number of rotatable bonds is 3. The van der Waals surface area contributed by atoms with Crippen molar-refractivity contribution in [2.75, 3.05) is 13.2 Å². The average Bonchev–Trinajstić information content (AvgIpc) is 2.34. The minimum atomic E-state index is -0.516. The lowest BCUT2D eigenvalue weighted by molar-refractivity contribution is -0.140. The number of hydrogen-bond donors (Lipinski definition) is 2. The van der Waals surface area contributed by atoms with Gasteiger partial charge in [0.1, 0.15) is 6.04 Å². The van der Waals surface area contributed by atoms with Crippen molar-refractivity contribution >= 4 is 5.91 Å². The van der Waals surface area contributed by atoms with Gasteiger partial charge in [0.2, 0.25) is 5.91 Å². The standard InChI is InChI=1S/C13H19N3O2/c1-13(2)9-16(12(18)11(8-17)15-13)7-10-5-3-4-6-14-10/h3-6,11,15,17H,7-9H2,1-2H3. The molecule has 2 heterocycles. The first-order valence-corrected chi connectivity index (χ1v) is 6.09. The summed E-state index contributed by atoms with van der Waals surface area (Å²) in [4.78, 5) is 18.1. The molecule has 0 saturated carbocycles. The largest absolute Gasteiger partial charge is 0.394 e. The zero-order valence-corrected chi connectivity index (χ0v) is 10.8. The smallest absolute Gasteiger partial charge is 0.242 e. The van der Waals surface area contributed by atoms with Crippen LogP contribution in [0.3, 0.4) is 0 Å². The zero-order valence-electron chi connectivity index (χ0n) is 10.8. The molecule has 1 saturated heterocycles. The molecule has 0 aliphatic carbocycles. The van der Waals surface area contributed by atoms with E-state index in [1.807, 2.05) is 32.0 Å². The molecule has 1 aliphatic rings. The van der Waals surface area contributed by atoms with Crippen LogP contribution >= 0.6 is 0 Å². The number of aliphatic hydroxyl groups is 1. The second-order valence-electron chi connectivity index (χ2n) is 5.28. The molecule has 1 aromatic rings. The van der Waals surface area contributed by atoms with Crippen molar-refractivity contribution in [2.45, 2.75) is 32.0 Å². The van der Waals surface area contributed by atoms with Crippen LogP contribution < -0.4 is 5.32 Å². The molecule has 5 nitrogen and oxygen atoms in total. The fourth-order valence-corrected chi connectivity index (χ4v) is 2.30. The Labute approximate surface area is 107 Å². The van der Waals surface area contributed by atoms with E-state index in [0.717, 1.165) is 5.69 Å². The highest BCUT2D eigenvalue weighted by Gasteiger charge is 2.37. The third-order valence-corrected chi connectivity index (χ3v) is 3.02. The topological polar surface area (TPSA) is 65.5 Å². The minimum absolute atomic E-state index is 0.0671. The van der Waals surface area contributed by atoms with Crippen molar-refractivity contribution in [1.29, 1.82) is 0 Å². The van der Waals surface area contributed by atoms with Gasteiger partial charge in [-0.1, -0.05) is 6.07 Å². The van der Waals surface area contributed by atoms with Crippen LogP contribution in [0.2, 0.25) is 0 Å². The molecular formula is C13H19N3O2. The summed E-state index contributed by atoms with van der Waals surface area (Å²) >= 11 is 0. The molecule has 1 amide bonds. The van der Waals surface area contributed by atoms with Crippen LogP contribution in [0.5, 0.6) is 0 Å². The molecule has 0 bridgehead atoms. The highest BCUT2D eigenvalue weighted by Crippen LogP contribution is 2.17. The Morgan fingerprint density at radius 2 is 2.33 bits per heavy atom. The molecule has 1 aromatic heterocycles. The van der Waals surface area contributed by atoms with Crippen molar-refractivity contribution in [2.24, 2.45) is 0 Å². The fourth-order valence-electron chi connectivity index (χ4n) is 2.30. The second kappa shape index (κ2) is 5.04. The number of carbonyl (C=O) groups excluding carboxylic acids is 1. The number of piperazine rings is 1. The lowest BCUT2D eigenvalue weighted by Crippen LogP contribution is -2.65. The van der Waals surface area contributed by atoms with Gasteiger partial charge in [-0.15, -0.1) is 0 Å². The van der Waals surface area contributed by atoms with Crippen molar-refractivity contribution < 1.29 is 9.90 Å². The molecule has 98 valence electrons. The molecule has 18 heavy (non-hydrogen) atoms. The number of amides is 1. The summed E-state index contributed by atoms with van der Waals surface area (Å²) in [6.07, 6.45) is 1.72. The third kappa shape index (κ3) is 2.86. The summed E-state index contributed by atoms with van der Waals surface area (Å²) < 4.78 is 0. The van der Waals surface area contributed by atoms with E-state index in [0.29, 0.717) is 13.1 Å². The van der Waals surface area contributed by atoms with E-state index in [9.17, 15) is 9.90 Å². The number of carbonyl (C=O) groups is 1. The van der Waals surface area contributed by atoms with Gasteiger partial charge >= 0.3 is 0 Å². The number of pyridine rings is 1. The molecular weight excluding hydrogens is 230 g/mol. The predicted octanol–water partition coefficient (Wildman–Crippen LogP) is 0.153. The zero-order chi connectivity index (χ0) is 13.2. The lowest BCUT2D eigenvalue weighted by Gasteiger charge is -2.42. The van der Waals surface area contributed by atoms with Gasteiger partial charge in [-0.25, -0.2) is 0 Å². The maximum Gasteiger partial charge on any atom is 0.242 e. The Morgan fingerprint density at radius 1 is 1.56 bits per heavy atom. The summed E-state index contributed by atoms with van der Waals surface area (Å²) in [5, 5.41) is 12.4. The van der Waals surface area contributed by atoms with Gasteiger partial charge in [-0.2, -0.15) is 0 Å². The normalized spacial score (nSPS) is 23.2. The van der Waals surface area contributed by atoms with Crippen molar-refractivity contribution in [3.05, 3.63) is 30.1 Å². The van der Waals surface area contributed by atoms with Crippen LogP contribution in [0.1, 0.15) is 19.5 Å². The molecule has 0 spiro atoms. The number of hydrogen-bond acceptors (Lipinski definition) is 4. The van der Waals surface area contributed by atoms with Gasteiger partial charge in [0.25, 0.3) is 0 Å². The summed E-state index contributed by atoms with van der Waals surface area (Å²) in [6.45, 7) is 4.96. The lowest BCUT2D eigenvalue weighted by atomic mass is 9.98. The number of nitrogens with zero attached hydrogens (tertiary/aromatic N) is 2. The van der Waals surface area contributed by atoms with Gasteiger partial charge in [0.05, 0.1) is 18.8 Å². The van der Waals surface area contributed by atoms with E-state index >= 15 is 0 Å². The number of aromatic nitrogens is 1. The van der Waals surface area contributed by atoms with Crippen LogP contribution in [0.25, 0.3) is 0 Å². The van der Waals surface area contributed by atoms with Crippen LogP contribution in [0.15, 0.2) is 24.4 Å². The summed E-state index contributed by atoms with van der Waals surface area (Å²) in [5.41, 5.74) is 0.663. The summed E-state index contributed by atoms with van der Waals surface area (Å²) in [6, 6.07) is 5.14. The predicted molar refractivity (Wildman–Crippen MR) is 67.7 cm³/mol. The quantitative estimate of drug-likeness (QED) is 0.800. The molecule has 5 heteroatoms. The maximum atomic E-state index is 12.1. The van der Waals surface area contributed by atoms with E-state index in [1.54, 1.807) is 11.1 Å². The van der Waals surface area contributed by atoms with Gasteiger partial charge in [0.15, 0.2) is 0 Å². The van der Waals surface area contributed by atoms with E-state index in [-0.39, 0.29) is 18.1 Å². The molecule has 1 fully saturated rings. The molecule has 2 rings (SSSR count). The minimum Gasteiger partial charge on any atom is -0.394 e. The van der Waals surface area contributed by atoms with E-state index in [1.165, 1.54) is 0 Å². The molecule has 1 unspecified atom stereocenters. The van der Waals surface area contributed by atoms with E-state index in [2.05, 4.69) is 10.3 Å². The first-order valence-electron chi connectivity index (χ1n) is 6.09. The third-order valence-electron chi connectivity index (χ3n) is 3.02. The van der Waals surface area contributed by atoms with Gasteiger partial charge in [0, 0.05) is 18.3 Å². The van der Waals surface area contributed by atoms with Gasteiger partial charge in [-0.3, -0.25) is 15.1 Å². The van der Waals surface area contributed by atoms with E-state index in [4.69, 9.17) is 0 Å². The van der Waals surface area contributed by atoms with Crippen LogP contribution in [-0.4, -0.2) is 45.6 Å². The van der Waals surface area contributed by atoms with Crippen molar-refractivity contribution in [3.8, 4) is 0 Å². The molecule has 2 N–H and O–H groups in total. The Hall–Kier alpha value is -1.46. The van der Waals surface area contributed by atoms with Crippen LogP contribution in [-0.2, 0) is 11.3 Å².